The molecule has 5 nitrogen and oxygen atoms in total. The van der Waals surface area contributed by atoms with Crippen LogP contribution in [0.25, 0.3) is 0 Å². The van der Waals surface area contributed by atoms with E-state index < -0.39 is 0 Å². The van der Waals surface area contributed by atoms with Crippen molar-refractivity contribution >= 4 is 23.4 Å². The molecule has 98 valence electrons. The number of aliphatic hydroxyl groups is 1. The predicted molar refractivity (Wildman–Crippen MR) is 70.6 cm³/mol. The van der Waals surface area contributed by atoms with Crippen molar-refractivity contribution in [3.05, 3.63) is 10.7 Å². The lowest BCUT2D eigenvalue weighted by molar-refractivity contribution is 0.174. The Labute approximate surface area is 111 Å². The van der Waals surface area contributed by atoms with Crippen molar-refractivity contribution in [3.63, 3.8) is 0 Å². The number of aromatic nitrogens is 2. The Balaban J connectivity index is 1.85. The van der Waals surface area contributed by atoms with Gasteiger partial charge in [0.1, 0.15) is 5.02 Å². The van der Waals surface area contributed by atoms with E-state index in [2.05, 4.69) is 14.9 Å². The fourth-order valence-electron chi connectivity index (χ4n) is 3.22. The number of hydrogen-bond donors (Lipinski definition) is 2. The number of hydrogen-bond acceptors (Lipinski definition) is 5. The first-order chi connectivity index (χ1) is 8.54. The monoisotopic (exact) mass is 268 g/mol. The average Bonchev–Trinajstić information content (AvgIpc) is 2.80. The molecule has 1 aliphatic heterocycles. The highest BCUT2D eigenvalue weighted by atomic mass is 35.5. The molecule has 1 aromatic heterocycles. The van der Waals surface area contributed by atoms with Crippen molar-refractivity contribution in [2.75, 3.05) is 23.7 Å². The van der Waals surface area contributed by atoms with Crippen LogP contribution in [0.2, 0.25) is 5.02 Å². The summed E-state index contributed by atoms with van der Waals surface area (Å²) in [4.78, 5) is 10.5. The summed E-state index contributed by atoms with van der Waals surface area (Å²) in [6.45, 7) is 3.64. The molecule has 0 aromatic carbocycles. The molecule has 1 saturated heterocycles. The molecule has 1 saturated carbocycles. The van der Waals surface area contributed by atoms with E-state index in [1.807, 2.05) is 6.92 Å². The lowest BCUT2D eigenvalue weighted by Crippen LogP contribution is -2.24. The molecule has 0 radical (unpaired) electrons. The molecule has 2 fully saturated rings. The third-order valence-corrected chi connectivity index (χ3v) is 4.48. The van der Waals surface area contributed by atoms with Crippen LogP contribution in [-0.2, 0) is 0 Å². The third kappa shape index (κ3) is 1.91. The number of nitrogen functional groups attached to an aromatic ring is 1. The lowest BCUT2D eigenvalue weighted by Gasteiger charge is -2.21. The Morgan fingerprint density at radius 2 is 1.89 bits per heavy atom. The van der Waals surface area contributed by atoms with Gasteiger partial charge in [-0.3, -0.25) is 0 Å². The first-order valence-corrected chi connectivity index (χ1v) is 6.65. The number of fused-ring (bicyclic) bond motifs is 1. The second kappa shape index (κ2) is 4.24. The third-order valence-electron chi connectivity index (χ3n) is 4.04. The van der Waals surface area contributed by atoms with E-state index in [-0.39, 0.29) is 12.1 Å². The highest BCUT2D eigenvalue weighted by Gasteiger charge is 2.41. The molecule has 0 spiro atoms. The molecular weight excluding hydrogens is 252 g/mol. The molecule has 2 heterocycles. The predicted octanol–water partition coefficient (Wildman–Crippen LogP) is 1.23. The summed E-state index contributed by atoms with van der Waals surface area (Å²) < 4.78 is 0. The van der Waals surface area contributed by atoms with Crippen molar-refractivity contribution in [1.29, 1.82) is 0 Å². The van der Waals surface area contributed by atoms with Gasteiger partial charge in [-0.15, -0.1) is 0 Å². The van der Waals surface area contributed by atoms with Gasteiger partial charge < -0.3 is 15.7 Å². The van der Waals surface area contributed by atoms with Crippen LogP contribution in [0.5, 0.6) is 0 Å². The van der Waals surface area contributed by atoms with Gasteiger partial charge in [0.15, 0.2) is 5.82 Å². The number of rotatable bonds is 1. The van der Waals surface area contributed by atoms with Gasteiger partial charge in [-0.05, 0) is 31.6 Å². The fourth-order valence-corrected chi connectivity index (χ4v) is 3.42. The number of aryl methyl sites for hydroxylation is 1. The van der Waals surface area contributed by atoms with Gasteiger partial charge in [0, 0.05) is 13.1 Å². The normalized spacial score (nSPS) is 30.8. The molecule has 0 amide bonds. The summed E-state index contributed by atoms with van der Waals surface area (Å²) in [5.74, 6) is 2.11. The number of anilines is 2. The second-order valence-electron chi connectivity index (χ2n) is 5.36. The van der Waals surface area contributed by atoms with Crippen LogP contribution in [0, 0.1) is 18.8 Å². The minimum atomic E-state index is -0.130. The quantitative estimate of drug-likeness (QED) is 0.801. The first kappa shape index (κ1) is 12.0. The smallest absolute Gasteiger partial charge is 0.222 e. The Hall–Kier alpha value is -1.07. The number of aliphatic hydroxyl groups excluding tert-OH is 1. The molecule has 2 aliphatic rings. The highest BCUT2D eigenvalue weighted by Crippen LogP contribution is 2.41. The van der Waals surface area contributed by atoms with Crippen LogP contribution in [0.4, 0.5) is 11.8 Å². The Morgan fingerprint density at radius 3 is 2.50 bits per heavy atom. The van der Waals surface area contributed by atoms with Crippen LogP contribution < -0.4 is 10.6 Å². The van der Waals surface area contributed by atoms with E-state index in [0.29, 0.717) is 16.9 Å². The van der Waals surface area contributed by atoms with Crippen LogP contribution in [-0.4, -0.2) is 34.3 Å². The van der Waals surface area contributed by atoms with Crippen LogP contribution in [0.15, 0.2) is 0 Å². The molecule has 1 unspecified atom stereocenters. The SMILES string of the molecule is Cc1nc(N)nc(N2C[C@H]3CC(O)C[C@H]3C2)c1Cl. The van der Waals surface area contributed by atoms with Gasteiger partial charge in [0.05, 0.1) is 11.8 Å². The molecule has 3 atom stereocenters. The topological polar surface area (TPSA) is 75.3 Å². The lowest BCUT2D eigenvalue weighted by atomic mass is 10.0. The van der Waals surface area contributed by atoms with Crippen molar-refractivity contribution in [3.8, 4) is 0 Å². The molecule has 1 aliphatic carbocycles. The molecule has 18 heavy (non-hydrogen) atoms. The standard InChI is InChI=1S/C12H17ClN4O/c1-6-10(13)11(16-12(14)15-6)17-4-7-2-9(18)3-8(7)5-17/h7-9,18H,2-5H2,1H3,(H2,14,15,16)/t7-,8+,9?. The van der Waals surface area contributed by atoms with E-state index in [1.54, 1.807) is 0 Å². The summed E-state index contributed by atoms with van der Waals surface area (Å²) >= 11 is 6.26. The maximum absolute atomic E-state index is 9.64. The van der Waals surface area contributed by atoms with Gasteiger partial charge in [-0.25, -0.2) is 4.98 Å². The average molecular weight is 269 g/mol. The van der Waals surface area contributed by atoms with E-state index in [1.165, 1.54) is 0 Å². The molecule has 3 N–H and O–H groups in total. The van der Waals surface area contributed by atoms with Crippen molar-refractivity contribution in [1.82, 2.24) is 9.97 Å². The van der Waals surface area contributed by atoms with Crippen molar-refractivity contribution in [2.45, 2.75) is 25.9 Å². The Kier molecular flexibility index (Phi) is 2.83. The zero-order valence-electron chi connectivity index (χ0n) is 10.3. The van der Waals surface area contributed by atoms with E-state index in [0.717, 1.165) is 37.4 Å². The van der Waals surface area contributed by atoms with Gasteiger partial charge in [0.2, 0.25) is 5.95 Å². The van der Waals surface area contributed by atoms with Gasteiger partial charge in [-0.2, -0.15) is 4.98 Å². The maximum atomic E-state index is 9.64. The summed E-state index contributed by atoms with van der Waals surface area (Å²) in [6.07, 6.45) is 1.64. The van der Waals surface area contributed by atoms with Gasteiger partial charge in [-0.1, -0.05) is 11.6 Å². The molecule has 3 rings (SSSR count). The van der Waals surface area contributed by atoms with Crippen LogP contribution in [0.3, 0.4) is 0 Å². The zero-order chi connectivity index (χ0) is 12.9. The minimum absolute atomic E-state index is 0.130. The molecule has 0 bridgehead atoms. The maximum Gasteiger partial charge on any atom is 0.222 e. The molecular formula is C12H17ClN4O. The number of nitrogens with zero attached hydrogens (tertiary/aromatic N) is 3. The van der Waals surface area contributed by atoms with Crippen molar-refractivity contribution < 1.29 is 5.11 Å². The van der Waals surface area contributed by atoms with E-state index >= 15 is 0 Å². The zero-order valence-corrected chi connectivity index (χ0v) is 11.1. The van der Waals surface area contributed by atoms with Crippen LogP contribution in [0.1, 0.15) is 18.5 Å². The molecule has 1 aromatic rings. The minimum Gasteiger partial charge on any atom is -0.393 e. The second-order valence-corrected chi connectivity index (χ2v) is 5.73. The van der Waals surface area contributed by atoms with Crippen LogP contribution >= 0.6 is 11.6 Å². The summed E-state index contributed by atoms with van der Waals surface area (Å²) in [5, 5.41) is 10.2. The first-order valence-electron chi connectivity index (χ1n) is 6.27. The van der Waals surface area contributed by atoms with E-state index in [9.17, 15) is 5.11 Å². The van der Waals surface area contributed by atoms with Gasteiger partial charge in [0.25, 0.3) is 0 Å². The largest absolute Gasteiger partial charge is 0.393 e. The van der Waals surface area contributed by atoms with E-state index in [4.69, 9.17) is 17.3 Å². The fraction of sp³-hybridized carbons (Fsp3) is 0.667. The summed E-state index contributed by atoms with van der Waals surface area (Å²) in [7, 11) is 0. The number of halogens is 1. The Bertz CT molecular complexity index is 467. The summed E-state index contributed by atoms with van der Waals surface area (Å²) in [5.41, 5.74) is 6.41. The molecule has 6 heteroatoms. The Morgan fingerprint density at radius 1 is 1.28 bits per heavy atom. The highest BCUT2D eigenvalue weighted by molar-refractivity contribution is 6.33. The summed E-state index contributed by atoms with van der Waals surface area (Å²) in [6, 6.07) is 0. The van der Waals surface area contributed by atoms with Gasteiger partial charge >= 0.3 is 0 Å². The number of nitrogens with two attached hydrogens (primary N) is 1. The van der Waals surface area contributed by atoms with Crippen molar-refractivity contribution in [2.24, 2.45) is 11.8 Å².